The molecule has 0 N–H and O–H groups in total. The summed E-state index contributed by atoms with van der Waals surface area (Å²) < 4.78 is 11.4. The zero-order valence-corrected chi connectivity index (χ0v) is 14.8. The monoisotopic (exact) mass is 359 g/mol. The number of piperidine rings is 1. The molecule has 0 unspecified atom stereocenters. The fourth-order valence-electron chi connectivity index (χ4n) is 3.32. The normalized spacial score (nSPS) is 19.4. The first-order valence-corrected chi connectivity index (χ1v) is 9.53. The van der Waals surface area contributed by atoms with Gasteiger partial charge in [-0.1, -0.05) is 0 Å². The molecule has 1 amide bonds. The van der Waals surface area contributed by atoms with Gasteiger partial charge in [0.25, 0.3) is 0 Å². The highest BCUT2D eigenvalue weighted by Crippen LogP contribution is 2.31. The van der Waals surface area contributed by atoms with E-state index < -0.39 is 5.79 Å². The number of ether oxygens (including phenoxy) is 2. The van der Waals surface area contributed by atoms with Crippen LogP contribution < -0.4 is 0 Å². The van der Waals surface area contributed by atoms with Crippen molar-refractivity contribution in [2.75, 3.05) is 26.3 Å². The fourth-order valence-corrected chi connectivity index (χ4v) is 4.18. The van der Waals surface area contributed by atoms with Crippen molar-refractivity contribution < 1.29 is 14.3 Å². The minimum absolute atomic E-state index is 0.186. The maximum atomic E-state index is 12.5. The van der Waals surface area contributed by atoms with Gasteiger partial charge in [0.05, 0.1) is 18.9 Å². The molecule has 2 aliphatic rings. The number of aryl methyl sites for hydroxylation is 1. The molecule has 1 spiro atoms. The van der Waals surface area contributed by atoms with Crippen molar-refractivity contribution in [3.05, 3.63) is 35.6 Å². The van der Waals surface area contributed by atoms with Gasteiger partial charge < -0.3 is 14.4 Å². The molecule has 25 heavy (non-hydrogen) atoms. The van der Waals surface area contributed by atoms with E-state index in [2.05, 4.69) is 9.97 Å². The first kappa shape index (κ1) is 16.6. The molecule has 4 rings (SSSR count). The molecule has 2 aromatic rings. The van der Waals surface area contributed by atoms with Crippen molar-refractivity contribution in [2.45, 2.75) is 31.5 Å². The second-order valence-corrected chi connectivity index (χ2v) is 7.23. The lowest BCUT2D eigenvalue weighted by Crippen LogP contribution is -2.47. The van der Waals surface area contributed by atoms with Crippen molar-refractivity contribution in [3.8, 4) is 10.6 Å². The molecule has 4 heterocycles. The molecule has 0 atom stereocenters. The number of rotatable bonds is 4. The Morgan fingerprint density at radius 1 is 1.20 bits per heavy atom. The van der Waals surface area contributed by atoms with Gasteiger partial charge >= 0.3 is 0 Å². The maximum Gasteiger partial charge on any atom is 0.222 e. The van der Waals surface area contributed by atoms with Gasteiger partial charge in [0.2, 0.25) is 5.91 Å². The highest BCUT2D eigenvalue weighted by atomic mass is 32.1. The molecule has 0 aliphatic carbocycles. The number of pyridine rings is 1. The van der Waals surface area contributed by atoms with E-state index >= 15 is 0 Å². The zero-order chi connectivity index (χ0) is 17.1. The lowest BCUT2D eigenvalue weighted by atomic mass is 10.0. The van der Waals surface area contributed by atoms with Crippen molar-refractivity contribution >= 4 is 17.2 Å². The average Bonchev–Trinajstić information content (AvgIpc) is 3.31. The van der Waals surface area contributed by atoms with E-state index in [4.69, 9.17) is 9.47 Å². The Hall–Kier alpha value is -1.83. The van der Waals surface area contributed by atoms with Gasteiger partial charge in [-0.05, 0) is 18.6 Å². The summed E-state index contributed by atoms with van der Waals surface area (Å²) in [7, 11) is 0. The molecule has 2 saturated heterocycles. The average molecular weight is 359 g/mol. The Morgan fingerprint density at radius 3 is 2.64 bits per heavy atom. The van der Waals surface area contributed by atoms with Crippen LogP contribution in [0.5, 0.6) is 0 Å². The van der Waals surface area contributed by atoms with Gasteiger partial charge in [-0.15, -0.1) is 11.3 Å². The Morgan fingerprint density at radius 2 is 1.92 bits per heavy atom. The van der Waals surface area contributed by atoms with Crippen LogP contribution in [0, 0.1) is 0 Å². The van der Waals surface area contributed by atoms with Gasteiger partial charge in [0.1, 0.15) is 5.01 Å². The van der Waals surface area contributed by atoms with Crippen LogP contribution in [0.1, 0.15) is 25.0 Å². The summed E-state index contributed by atoms with van der Waals surface area (Å²) in [4.78, 5) is 23.0. The molecule has 0 aromatic carbocycles. The summed E-state index contributed by atoms with van der Waals surface area (Å²) in [5.74, 6) is -0.239. The number of aromatic nitrogens is 2. The standard InChI is InChI=1S/C18H21N3O3S/c22-16(21-9-5-18(6-10-21)23-11-12-24-18)2-1-15-13-25-17(20-15)14-3-7-19-8-4-14/h3-4,7-8,13H,1-2,5-6,9-12H2. The number of nitrogens with zero attached hydrogens (tertiary/aromatic N) is 3. The fraction of sp³-hybridized carbons (Fsp3) is 0.500. The van der Waals surface area contributed by atoms with Crippen LogP contribution in [-0.4, -0.2) is 52.9 Å². The summed E-state index contributed by atoms with van der Waals surface area (Å²) in [6.07, 6.45) is 6.23. The van der Waals surface area contributed by atoms with E-state index in [1.165, 1.54) is 0 Å². The molecular weight excluding hydrogens is 338 g/mol. The molecule has 2 fully saturated rings. The summed E-state index contributed by atoms with van der Waals surface area (Å²) in [6.45, 7) is 2.74. The first-order chi connectivity index (χ1) is 12.2. The lowest BCUT2D eigenvalue weighted by molar-refractivity contribution is -0.187. The minimum Gasteiger partial charge on any atom is -0.347 e. The molecule has 6 nitrogen and oxygen atoms in total. The van der Waals surface area contributed by atoms with Crippen molar-refractivity contribution in [1.82, 2.24) is 14.9 Å². The van der Waals surface area contributed by atoms with Crippen molar-refractivity contribution in [3.63, 3.8) is 0 Å². The van der Waals surface area contributed by atoms with E-state index in [-0.39, 0.29) is 5.91 Å². The number of hydrogen-bond acceptors (Lipinski definition) is 6. The molecule has 0 radical (unpaired) electrons. The van der Waals surface area contributed by atoms with Crippen molar-refractivity contribution in [2.24, 2.45) is 0 Å². The molecule has 2 aliphatic heterocycles. The van der Waals surface area contributed by atoms with E-state index in [0.717, 1.165) is 29.1 Å². The number of likely N-dealkylation sites (tertiary alicyclic amines) is 1. The molecule has 0 saturated carbocycles. The van der Waals surface area contributed by atoms with Crippen LogP contribution in [0.4, 0.5) is 0 Å². The van der Waals surface area contributed by atoms with Gasteiger partial charge in [0.15, 0.2) is 5.79 Å². The summed E-state index contributed by atoms with van der Waals surface area (Å²) in [5, 5.41) is 3.01. The number of thiazole rings is 1. The predicted octanol–water partition coefficient (Wildman–Crippen LogP) is 2.50. The molecule has 0 bridgehead atoms. The Kier molecular flexibility index (Phi) is 4.78. The van der Waals surface area contributed by atoms with E-state index in [0.29, 0.717) is 39.1 Å². The van der Waals surface area contributed by atoms with Crippen molar-refractivity contribution in [1.29, 1.82) is 0 Å². The topological polar surface area (TPSA) is 64.6 Å². The second kappa shape index (κ2) is 7.19. The smallest absolute Gasteiger partial charge is 0.222 e. The third kappa shape index (κ3) is 3.73. The molecule has 7 heteroatoms. The van der Waals surface area contributed by atoms with Crippen LogP contribution in [0.25, 0.3) is 10.6 Å². The van der Waals surface area contributed by atoms with E-state index in [9.17, 15) is 4.79 Å². The summed E-state index contributed by atoms with van der Waals surface area (Å²) in [5.41, 5.74) is 2.04. The molecule has 132 valence electrons. The van der Waals surface area contributed by atoms with Crippen LogP contribution in [0.3, 0.4) is 0 Å². The molecular formula is C18H21N3O3S. The van der Waals surface area contributed by atoms with E-state index in [1.807, 2.05) is 22.4 Å². The Bertz CT molecular complexity index is 718. The van der Waals surface area contributed by atoms with Gasteiger partial charge in [-0.25, -0.2) is 4.98 Å². The minimum atomic E-state index is -0.425. The van der Waals surface area contributed by atoms with Crippen LogP contribution in [-0.2, 0) is 20.7 Å². The second-order valence-electron chi connectivity index (χ2n) is 6.37. The quantitative estimate of drug-likeness (QED) is 0.839. The number of hydrogen-bond donors (Lipinski definition) is 0. The third-order valence-corrected chi connectivity index (χ3v) is 5.71. The number of carbonyl (C=O) groups is 1. The predicted molar refractivity (Wildman–Crippen MR) is 94.1 cm³/mol. The highest BCUT2D eigenvalue weighted by Gasteiger charge is 2.40. The summed E-state index contributed by atoms with van der Waals surface area (Å²) in [6, 6.07) is 3.90. The zero-order valence-electron chi connectivity index (χ0n) is 14.0. The van der Waals surface area contributed by atoms with Gasteiger partial charge in [0, 0.05) is 55.7 Å². The van der Waals surface area contributed by atoms with Gasteiger partial charge in [-0.2, -0.15) is 0 Å². The van der Waals surface area contributed by atoms with E-state index in [1.54, 1.807) is 23.7 Å². The van der Waals surface area contributed by atoms with Crippen LogP contribution >= 0.6 is 11.3 Å². The maximum absolute atomic E-state index is 12.5. The largest absolute Gasteiger partial charge is 0.347 e. The Labute approximate surface area is 150 Å². The third-order valence-electron chi connectivity index (χ3n) is 4.77. The molecule has 2 aromatic heterocycles. The number of amides is 1. The van der Waals surface area contributed by atoms with Gasteiger partial charge in [-0.3, -0.25) is 9.78 Å². The first-order valence-electron chi connectivity index (χ1n) is 8.65. The lowest BCUT2D eigenvalue weighted by Gasteiger charge is -2.37. The Balaban J connectivity index is 1.29. The van der Waals surface area contributed by atoms with Crippen LogP contribution in [0.15, 0.2) is 29.9 Å². The summed E-state index contributed by atoms with van der Waals surface area (Å²) >= 11 is 1.61. The SMILES string of the molecule is O=C(CCc1csc(-c2ccncc2)n1)N1CCC2(CC1)OCCO2. The highest BCUT2D eigenvalue weighted by molar-refractivity contribution is 7.13. The van der Waals surface area contributed by atoms with Crippen LogP contribution in [0.2, 0.25) is 0 Å². The number of carbonyl (C=O) groups excluding carboxylic acids is 1.